The molecule has 1 aliphatic rings. The second kappa shape index (κ2) is 11.6. The molecule has 2 aromatic rings. The first-order valence-corrected chi connectivity index (χ1v) is 12.3. The van der Waals surface area contributed by atoms with Gasteiger partial charge in [0.2, 0.25) is 0 Å². The Morgan fingerprint density at radius 3 is 2.66 bits per heavy atom. The molecule has 1 aliphatic carbocycles. The number of phenolic OH excluding ortho intramolecular Hbond substituents is 1. The van der Waals surface area contributed by atoms with E-state index < -0.39 is 0 Å². The molecule has 7 heteroatoms. The van der Waals surface area contributed by atoms with Crippen LogP contribution in [0.25, 0.3) is 0 Å². The number of halogens is 1. The second-order valence-corrected chi connectivity index (χ2v) is 9.47. The lowest BCUT2D eigenvalue weighted by atomic mass is 9.99. The molecular weight excluding hydrogens is 448 g/mol. The summed E-state index contributed by atoms with van der Waals surface area (Å²) in [6.45, 7) is 2.30. The van der Waals surface area contributed by atoms with Gasteiger partial charge in [-0.15, -0.1) is 11.8 Å². The SMILES string of the molecule is CCC(=O)c1ccc(OCCCSc2ccc(CC(=O)OC)cc2Cl)c(CC2CC2)c1O. The number of hydrogen-bond donors (Lipinski definition) is 1. The van der Waals surface area contributed by atoms with Crippen LogP contribution in [0.1, 0.15) is 54.1 Å². The van der Waals surface area contributed by atoms with Gasteiger partial charge >= 0.3 is 5.97 Å². The molecule has 5 nitrogen and oxygen atoms in total. The molecule has 1 saturated carbocycles. The number of benzene rings is 2. The lowest BCUT2D eigenvalue weighted by Gasteiger charge is -2.15. The Balaban J connectivity index is 1.54. The molecule has 0 atom stereocenters. The molecule has 0 amide bonds. The van der Waals surface area contributed by atoms with Crippen molar-refractivity contribution >= 4 is 35.1 Å². The minimum atomic E-state index is -0.294. The third-order valence-corrected chi connectivity index (χ3v) is 7.01. The standard InChI is InChI=1S/C25H29ClO5S/c1-3-21(27)18-8-9-22(19(25(18)29)13-16-5-6-16)31-11-4-12-32-23-10-7-17(14-20(23)26)15-24(28)30-2/h7-10,14,16,29H,3-6,11-13,15H2,1-2H3. The van der Waals surface area contributed by atoms with Crippen molar-refractivity contribution in [3.8, 4) is 11.5 Å². The fraction of sp³-hybridized carbons (Fsp3) is 0.440. The Labute approximate surface area is 198 Å². The molecule has 1 fully saturated rings. The Bertz CT molecular complexity index is 971. The van der Waals surface area contributed by atoms with E-state index in [2.05, 4.69) is 4.74 Å². The van der Waals surface area contributed by atoms with Gasteiger partial charge in [0.05, 0.1) is 30.7 Å². The van der Waals surface area contributed by atoms with Crippen LogP contribution in [0.2, 0.25) is 5.02 Å². The largest absolute Gasteiger partial charge is 0.507 e. The average Bonchev–Trinajstić information content (AvgIpc) is 3.60. The highest BCUT2D eigenvalue weighted by Crippen LogP contribution is 2.40. The Morgan fingerprint density at radius 1 is 1.22 bits per heavy atom. The Kier molecular flexibility index (Phi) is 8.88. The summed E-state index contributed by atoms with van der Waals surface area (Å²) in [5, 5.41) is 11.3. The minimum Gasteiger partial charge on any atom is -0.507 e. The first-order valence-electron chi connectivity index (χ1n) is 10.9. The van der Waals surface area contributed by atoms with Crippen LogP contribution in [0.15, 0.2) is 35.2 Å². The molecule has 0 aliphatic heterocycles. The fourth-order valence-electron chi connectivity index (χ4n) is 3.41. The smallest absolute Gasteiger partial charge is 0.309 e. The van der Waals surface area contributed by atoms with Gasteiger partial charge in [-0.2, -0.15) is 0 Å². The summed E-state index contributed by atoms with van der Waals surface area (Å²) in [4.78, 5) is 24.5. The maximum atomic E-state index is 12.1. The zero-order chi connectivity index (χ0) is 23.1. The summed E-state index contributed by atoms with van der Waals surface area (Å²) in [5.41, 5.74) is 1.96. The maximum Gasteiger partial charge on any atom is 0.309 e. The van der Waals surface area contributed by atoms with Crippen LogP contribution in [-0.2, 0) is 22.4 Å². The lowest BCUT2D eigenvalue weighted by Crippen LogP contribution is -2.06. The summed E-state index contributed by atoms with van der Waals surface area (Å²) in [5.74, 6) is 1.77. The number of esters is 1. The van der Waals surface area contributed by atoms with E-state index in [1.165, 1.54) is 7.11 Å². The van der Waals surface area contributed by atoms with Crippen LogP contribution in [0.3, 0.4) is 0 Å². The number of Topliss-reactive ketones (excluding diaryl/α,β-unsaturated/α-hetero) is 1. The Hall–Kier alpha value is -2.18. The molecule has 0 saturated heterocycles. The highest BCUT2D eigenvalue weighted by atomic mass is 35.5. The molecule has 0 unspecified atom stereocenters. The van der Waals surface area contributed by atoms with Gasteiger partial charge in [-0.1, -0.05) is 24.6 Å². The summed E-state index contributed by atoms with van der Waals surface area (Å²) in [6.07, 6.45) is 4.41. The molecule has 0 bridgehead atoms. The zero-order valence-corrected chi connectivity index (χ0v) is 20.1. The summed E-state index contributed by atoms with van der Waals surface area (Å²) < 4.78 is 10.7. The van der Waals surface area contributed by atoms with Gasteiger partial charge in [0, 0.05) is 22.6 Å². The molecule has 2 aromatic carbocycles. The van der Waals surface area contributed by atoms with Crippen molar-refractivity contribution in [2.24, 2.45) is 5.92 Å². The van der Waals surface area contributed by atoms with Crippen LogP contribution in [0.4, 0.5) is 0 Å². The number of phenols is 1. The second-order valence-electron chi connectivity index (χ2n) is 7.93. The highest BCUT2D eigenvalue weighted by Gasteiger charge is 2.26. The summed E-state index contributed by atoms with van der Waals surface area (Å²) in [6, 6.07) is 9.07. The highest BCUT2D eigenvalue weighted by molar-refractivity contribution is 7.99. The molecule has 0 spiro atoms. The zero-order valence-electron chi connectivity index (χ0n) is 18.5. The van der Waals surface area contributed by atoms with Crippen molar-refractivity contribution in [3.05, 3.63) is 52.0 Å². The number of methoxy groups -OCH3 is 1. The van der Waals surface area contributed by atoms with E-state index in [9.17, 15) is 14.7 Å². The van der Waals surface area contributed by atoms with Crippen LogP contribution >= 0.6 is 23.4 Å². The number of ketones is 1. The van der Waals surface area contributed by atoms with Gasteiger partial charge in [0.1, 0.15) is 11.5 Å². The van der Waals surface area contributed by atoms with Gasteiger partial charge in [-0.25, -0.2) is 0 Å². The molecule has 0 aromatic heterocycles. The van der Waals surface area contributed by atoms with Gasteiger partial charge in [0.15, 0.2) is 5.78 Å². The van der Waals surface area contributed by atoms with Gasteiger partial charge in [-0.3, -0.25) is 9.59 Å². The van der Waals surface area contributed by atoms with E-state index in [4.69, 9.17) is 16.3 Å². The van der Waals surface area contributed by atoms with Crippen molar-refractivity contribution in [2.45, 2.75) is 50.3 Å². The number of carbonyl (C=O) groups is 2. The lowest BCUT2D eigenvalue weighted by molar-refractivity contribution is -0.139. The van der Waals surface area contributed by atoms with Crippen molar-refractivity contribution in [3.63, 3.8) is 0 Å². The fourth-order valence-corrected chi connectivity index (χ4v) is 4.62. The monoisotopic (exact) mass is 476 g/mol. The number of ether oxygens (including phenoxy) is 2. The molecule has 0 radical (unpaired) electrons. The van der Waals surface area contributed by atoms with Gasteiger partial charge in [0.25, 0.3) is 0 Å². The third kappa shape index (κ3) is 6.66. The van der Waals surface area contributed by atoms with E-state index in [0.717, 1.165) is 47.5 Å². The van der Waals surface area contributed by atoms with Crippen molar-refractivity contribution < 1.29 is 24.2 Å². The quantitative estimate of drug-likeness (QED) is 0.179. The van der Waals surface area contributed by atoms with Crippen molar-refractivity contribution in [1.82, 2.24) is 0 Å². The molecule has 0 heterocycles. The third-order valence-electron chi connectivity index (χ3n) is 5.43. The molecule has 172 valence electrons. The number of hydrogen-bond acceptors (Lipinski definition) is 6. The first kappa shape index (κ1) is 24.5. The normalized spacial score (nSPS) is 13.1. The predicted octanol–water partition coefficient (Wildman–Crippen LogP) is 5.87. The minimum absolute atomic E-state index is 0.0584. The van der Waals surface area contributed by atoms with Gasteiger partial charge in [-0.05, 0) is 61.4 Å². The van der Waals surface area contributed by atoms with Crippen LogP contribution in [0, 0.1) is 5.92 Å². The first-order chi connectivity index (χ1) is 15.4. The van der Waals surface area contributed by atoms with E-state index in [1.807, 2.05) is 18.2 Å². The molecule has 3 rings (SSSR count). The van der Waals surface area contributed by atoms with Crippen LogP contribution < -0.4 is 4.74 Å². The van der Waals surface area contributed by atoms with Crippen LogP contribution in [-0.4, -0.2) is 36.3 Å². The average molecular weight is 477 g/mol. The van der Waals surface area contributed by atoms with E-state index in [1.54, 1.807) is 30.8 Å². The van der Waals surface area contributed by atoms with Crippen molar-refractivity contribution in [2.75, 3.05) is 19.5 Å². The predicted molar refractivity (Wildman–Crippen MR) is 127 cm³/mol. The number of thioether (sulfide) groups is 1. The molecular formula is C25H29ClO5S. The topological polar surface area (TPSA) is 72.8 Å². The molecule has 1 N–H and O–H groups in total. The summed E-state index contributed by atoms with van der Waals surface area (Å²) >= 11 is 7.98. The number of rotatable bonds is 12. The Morgan fingerprint density at radius 2 is 2.00 bits per heavy atom. The number of carbonyl (C=O) groups excluding carboxylic acids is 2. The molecule has 32 heavy (non-hydrogen) atoms. The maximum absolute atomic E-state index is 12.1. The van der Waals surface area contributed by atoms with Crippen LogP contribution in [0.5, 0.6) is 11.5 Å². The van der Waals surface area contributed by atoms with Crippen molar-refractivity contribution in [1.29, 1.82) is 0 Å². The number of aromatic hydroxyl groups is 1. The van der Waals surface area contributed by atoms with E-state index in [0.29, 0.717) is 35.3 Å². The van der Waals surface area contributed by atoms with E-state index in [-0.39, 0.29) is 23.9 Å². The van der Waals surface area contributed by atoms with E-state index >= 15 is 0 Å². The summed E-state index contributed by atoms with van der Waals surface area (Å²) in [7, 11) is 1.37. The van der Waals surface area contributed by atoms with Gasteiger partial charge < -0.3 is 14.6 Å².